The zero-order chi connectivity index (χ0) is 25.3. The Morgan fingerprint density at radius 2 is 1.74 bits per heavy atom. The average Bonchev–Trinajstić information content (AvgIpc) is 3.15. The molecule has 0 saturated heterocycles. The number of ketones is 1. The van der Waals surface area contributed by atoms with E-state index in [1.807, 2.05) is 37.3 Å². The van der Waals surface area contributed by atoms with E-state index in [0.29, 0.717) is 38.7 Å². The zero-order valence-electron chi connectivity index (χ0n) is 19.5. The van der Waals surface area contributed by atoms with Crippen molar-refractivity contribution in [2.24, 2.45) is 0 Å². The number of pyridine rings is 1. The van der Waals surface area contributed by atoms with E-state index in [-0.39, 0.29) is 29.5 Å². The first-order valence-corrected chi connectivity index (χ1v) is 11.9. The zero-order valence-corrected chi connectivity index (χ0v) is 21.0. The van der Waals surface area contributed by atoms with Gasteiger partial charge in [-0.2, -0.15) is 0 Å². The highest BCUT2D eigenvalue weighted by Gasteiger charge is 2.33. The van der Waals surface area contributed by atoms with E-state index < -0.39 is 11.4 Å². The van der Waals surface area contributed by atoms with Crippen LogP contribution in [0.5, 0.6) is 0 Å². The Kier molecular flexibility index (Phi) is 6.99. The molecule has 0 unspecified atom stereocenters. The lowest BCUT2D eigenvalue weighted by Gasteiger charge is -2.14. The fraction of sp³-hybridized carbons (Fsp3) is 0.222. The van der Waals surface area contributed by atoms with Gasteiger partial charge in [-0.15, -0.1) is 0 Å². The quantitative estimate of drug-likeness (QED) is 0.257. The third kappa shape index (κ3) is 5.10. The molecule has 180 valence electrons. The first kappa shape index (κ1) is 24.9. The molecule has 6 nitrogen and oxygen atoms in total. The Bertz CT molecular complexity index is 1420. The van der Waals surface area contributed by atoms with Crippen LogP contribution in [0.3, 0.4) is 0 Å². The molecular weight excluding hydrogens is 487 g/mol. The van der Waals surface area contributed by atoms with Crippen LogP contribution in [0.1, 0.15) is 44.2 Å². The van der Waals surface area contributed by atoms with Gasteiger partial charge in [-0.3, -0.25) is 9.59 Å². The molecule has 1 amide bonds. The summed E-state index contributed by atoms with van der Waals surface area (Å²) in [6.45, 7) is 4.61. The molecule has 0 aliphatic carbocycles. The average molecular weight is 511 g/mol. The van der Waals surface area contributed by atoms with E-state index in [1.54, 1.807) is 24.3 Å². The molecule has 2 aromatic carbocycles. The van der Waals surface area contributed by atoms with Crippen LogP contribution in [-0.2, 0) is 4.79 Å². The number of hydrogen-bond donors (Lipinski definition) is 2. The summed E-state index contributed by atoms with van der Waals surface area (Å²) in [5, 5.41) is 14.7. The highest BCUT2D eigenvalue weighted by Crippen LogP contribution is 2.41. The first-order valence-electron chi connectivity index (χ1n) is 11.2. The standard InChI is InChI=1S/C27H24Cl2N2O4/c1-4-7-21(32)30-23-19-14-18(15-10-12-16(28)13-11-15)22(17-8-5-6-9-20(17)29)31-26(19)35-24(23)25(33)27(2,3)34/h5-6,8-14,34H,4,7H2,1-3H3,(H,30,32). The van der Waals surface area contributed by atoms with Gasteiger partial charge < -0.3 is 14.8 Å². The van der Waals surface area contributed by atoms with Crippen molar-refractivity contribution >= 4 is 51.7 Å². The number of hydrogen-bond acceptors (Lipinski definition) is 5. The van der Waals surface area contributed by atoms with Gasteiger partial charge in [-0.25, -0.2) is 4.98 Å². The highest BCUT2D eigenvalue weighted by molar-refractivity contribution is 6.33. The van der Waals surface area contributed by atoms with Crippen molar-refractivity contribution in [1.29, 1.82) is 0 Å². The summed E-state index contributed by atoms with van der Waals surface area (Å²) in [5.74, 6) is -1.11. The number of halogens is 2. The second kappa shape index (κ2) is 9.82. The number of aromatic nitrogens is 1. The van der Waals surface area contributed by atoms with Crippen molar-refractivity contribution in [1.82, 2.24) is 4.98 Å². The van der Waals surface area contributed by atoms with Crippen LogP contribution in [-0.4, -0.2) is 27.4 Å². The summed E-state index contributed by atoms with van der Waals surface area (Å²) in [5.41, 5.74) is 1.31. The number of nitrogens with one attached hydrogen (secondary N) is 1. The van der Waals surface area contributed by atoms with E-state index in [1.165, 1.54) is 13.8 Å². The van der Waals surface area contributed by atoms with Gasteiger partial charge in [0.1, 0.15) is 11.3 Å². The number of Topliss-reactive ketones (excluding diaryl/α,β-unsaturated/α-hetero) is 1. The smallest absolute Gasteiger partial charge is 0.231 e. The Morgan fingerprint density at radius 3 is 2.37 bits per heavy atom. The van der Waals surface area contributed by atoms with Crippen LogP contribution >= 0.6 is 23.2 Å². The molecule has 0 bridgehead atoms. The summed E-state index contributed by atoms with van der Waals surface area (Å²) in [6.07, 6.45) is 0.888. The van der Waals surface area contributed by atoms with Crippen LogP contribution in [0.25, 0.3) is 33.5 Å². The number of anilines is 1. The van der Waals surface area contributed by atoms with Gasteiger partial charge in [-0.1, -0.05) is 60.5 Å². The van der Waals surface area contributed by atoms with Crippen LogP contribution in [0, 0.1) is 0 Å². The van der Waals surface area contributed by atoms with Gasteiger partial charge >= 0.3 is 0 Å². The number of nitrogens with zero attached hydrogens (tertiary/aromatic N) is 1. The lowest BCUT2D eigenvalue weighted by Crippen LogP contribution is -2.31. The number of rotatable bonds is 7. The summed E-state index contributed by atoms with van der Waals surface area (Å²) >= 11 is 12.6. The van der Waals surface area contributed by atoms with Gasteiger partial charge in [0.2, 0.25) is 17.4 Å². The number of amides is 1. The molecule has 35 heavy (non-hydrogen) atoms. The highest BCUT2D eigenvalue weighted by atomic mass is 35.5. The van der Waals surface area contributed by atoms with Crippen molar-refractivity contribution < 1.29 is 19.1 Å². The van der Waals surface area contributed by atoms with E-state index in [0.717, 1.165) is 5.56 Å². The number of aliphatic hydroxyl groups is 1. The fourth-order valence-corrected chi connectivity index (χ4v) is 4.07. The van der Waals surface area contributed by atoms with Gasteiger partial charge in [0.25, 0.3) is 0 Å². The van der Waals surface area contributed by atoms with Crippen LogP contribution in [0.4, 0.5) is 5.69 Å². The molecule has 8 heteroatoms. The summed E-state index contributed by atoms with van der Waals surface area (Å²) < 4.78 is 5.88. The molecule has 2 aromatic heterocycles. The molecule has 0 aliphatic rings. The monoisotopic (exact) mass is 510 g/mol. The van der Waals surface area contributed by atoms with Gasteiger partial charge in [0.15, 0.2) is 5.76 Å². The number of carbonyl (C=O) groups excluding carboxylic acids is 2. The molecule has 0 aliphatic heterocycles. The van der Waals surface area contributed by atoms with E-state index in [4.69, 9.17) is 32.6 Å². The topological polar surface area (TPSA) is 92.4 Å². The predicted octanol–water partition coefficient (Wildman–Crippen LogP) is 7.16. The molecule has 0 spiro atoms. The van der Waals surface area contributed by atoms with Gasteiger partial charge in [0, 0.05) is 27.6 Å². The lowest BCUT2D eigenvalue weighted by molar-refractivity contribution is -0.116. The van der Waals surface area contributed by atoms with E-state index in [2.05, 4.69) is 5.32 Å². The van der Waals surface area contributed by atoms with Crippen molar-refractivity contribution in [3.05, 3.63) is 70.4 Å². The van der Waals surface area contributed by atoms with Crippen LogP contribution < -0.4 is 5.32 Å². The minimum Gasteiger partial charge on any atom is -0.432 e. The fourth-order valence-electron chi connectivity index (χ4n) is 3.72. The summed E-state index contributed by atoms with van der Waals surface area (Å²) in [4.78, 5) is 30.3. The molecule has 0 saturated carbocycles. The minimum absolute atomic E-state index is 0.136. The van der Waals surface area contributed by atoms with E-state index >= 15 is 0 Å². The SMILES string of the molecule is CCCC(=O)Nc1c(C(=O)C(C)(C)O)oc2nc(-c3ccccc3Cl)c(-c3ccc(Cl)cc3)cc12. The van der Waals surface area contributed by atoms with Crippen molar-refractivity contribution in [2.75, 3.05) is 5.32 Å². The first-order chi connectivity index (χ1) is 16.6. The van der Waals surface area contributed by atoms with Crippen molar-refractivity contribution in [3.63, 3.8) is 0 Å². The van der Waals surface area contributed by atoms with Gasteiger partial charge in [0.05, 0.1) is 11.1 Å². The van der Waals surface area contributed by atoms with E-state index in [9.17, 15) is 14.7 Å². The number of benzene rings is 2. The van der Waals surface area contributed by atoms with Crippen molar-refractivity contribution in [3.8, 4) is 22.4 Å². The third-order valence-corrected chi connectivity index (χ3v) is 6.05. The Balaban J connectivity index is 2.04. The second-order valence-electron chi connectivity index (χ2n) is 8.72. The van der Waals surface area contributed by atoms with Crippen LogP contribution in [0.15, 0.2) is 59.0 Å². The molecule has 0 atom stereocenters. The van der Waals surface area contributed by atoms with Crippen LogP contribution in [0.2, 0.25) is 10.0 Å². The molecule has 2 N–H and O–H groups in total. The number of furan rings is 1. The summed E-state index contributed by atoms with van der Waals surface area (Å²) in [7, 11) is 0. The Hall–Kier alpha value is -3.19. The maximum atomic E-state index is 13.0. The maximum Gasteiger partial charge on any atom is 0.231 e. The largest absolute Gasteiger partial charge is 0.432 e. The Labute approximate surface area is 212 Å². The molecule has 2 heterocycles. The normalized spacial score (nSPS) is 11.6. The summed E-state index contributed by atoms with van der Waals surface area (Å²) in [6, 6.07) is 16.3. The molecule has 0 radical (unpaired) electrons. The third-order valence-electron chi connectivity index (χ3n) is 5.47. The minimum atomic E-state index is -1.72. The predicted molar refractivity (Wildman–Crippen MR) is 139 cm³/mol. The maximum absolute atomic E-state index is 13.0. The Morgan fingerprint density at radius 1 is 1.06 bits per heavy atom. The lowest BCUT2D eigenvalue weighted by atomic mass is 9.97. The molecule has 4 rings (SSSR count). The number of fused-ring (bicyclic) bond motifs is 1. The molecular formula is C27H24Cl2N2O4. The second-order valence-corrected chi connectivity index (χ2v) is 9.56. The molecule has 4 aromatic rings. The molecule has 0 fully saturated rings. The van der Waals surface area contributed by atoms with Crippen molar-refractivity contribution in [2.45, 2.75) is 39.2 Å². The van der Waals surface area contributed by atoms with Gasteiger partial charge in [-0.05, 0) is 50.1 Å². The number of carbonyl (C=O) groups is 2.